The molecule has 2 heteroatoms. The fraction of sp³-hybridized carbons (Fsp3) is 0.600. The van der Waals surface area contributed by atoms with Gasteiger partial charge in [-0.2, -0.15) is 0 Å². The van der Waals surface area contributed by atoms with Crippen LogP contribution in [-0.2, 0) is 11.3 Å². The maximum atomic E-state index is 6.06. The Kier molecular flexibility index (Phi) is 4.06. The molecule has 1 aliphatic rings. The normalized spacial score (nSPS) is 24.8. The molecule has 1 saturated carbocycles. The van der Waals surface area contributed by atoms with Crippen molar-refractivity contribution in [3.63, 3.8) is 0 Å². The molecule has 0 saturated heterocycles. The SMILES string of the molecule is Cc1c(N)cccc1COC1CCCCC1C. The lowest BCUT2D eigenvalue weighted by atomic mass is 9.88. The quantitative estimate of drug-likeness (QED) is 0.808. The van der Waals surface area contributed by atoms with Gasteiger partial charge in [-0.15, -0.1) is 0 Å². The van der Waals surface area contributed by atoms with Gasteiger partial charge in [0.05, 0.1) is 12.7 Å². The fourth-order valence-corrected chi connectivity index (χ4v) is 2.59. The molecule has 94 valence electrons. The van der Waals surface area contributed by atoms with Crippen molar-refractivity contribution in [2.24, 2.45) is 5.92 Å². The van der Waals surface area contributed by atoms with E-state index in [0.29, 0.717) is 18.6 Å². The molecule has 0 radical (unpaired) electrons. The van der Waals surface area contributed by atoms with E-state index in [9.17, 15) is 0 Å². The predicted molar refractivity (Wildman–Crippen MR) is 71.8 cm³/mol. The molecule has 17 heavy (non-hydrogen) atoms. The Bertz CT molecular complexity index is 375. The van der Waals surface area contributed by atoms with E-state index in [2.05, 4.69) is 19.9 Å². The molecule has 0 amide bonds. The molecule has 2 nitrogen and oxygen atoms in total. The summed E-state index contributed by atoms with van der Waals surface area (Å²) in [7, 11) is 0. The number of anilines is 1. The second kappa shape index (κ2) is 5.54. The standard InChI is InChI=1S/C15H23NO/c1-11-6-3-4-9-15(11)17-10-13-7-5-8-14(16)12(13)2/h5,7-8,11,15H,3-4,6,9-10,16H2,1-2H3. The number of nitrogen functional groups attached to an aromatic ring is 1. The van der Waals surface area contributed by atoms with Gasteiger partial charge in [-0.1, -0.05) is 31.9 Å². The zero-order valence-corrected chi connectivity index (χ0v) is 10.9. The minimum atomic E-state index is 0.435. The topological polar surface area (TPSA) is 35.2 Å². The molecule has 0 aliphatic heterocycles. The smallest absolute Gasteiger partial charge is 0.0724 e. The second-order valence-electron chi connectivity index (χ2n) is 5.24. The van der Waals surface area contributed by atoms with Crippen LogP contribution in [0.4, 0.5) is 5.69 Å². The monoisotopic (exact) mass is 233 g/mol. The average molecular weight is 233 g/mol. The van der Waals surface area contributed by atoms with Crippen molar-refractivity contribution in [3.05, 3.63) is 29.3 Å². The minimum Gasteiger partial charge on any atom is -0.399 e. The first-order valence-electron chi connectivity index (χ1n) is 6.64. The van der Waals surface area contributed by atoms with Crippen LogP contribution in [0, 0.1) is 12.8 Å². The van der Waals surface area contributed by atoms with E-state index in [4.69, 9.17) is 10.5 Å². The van der Waals surface area contributed by atoms with Crippen LogP contribution in [0.3, 0.4) is 0 Å². The number of ether oxygens (including phenoxy) is 1. The van der Waals surface area contributed by atoms with Gasteiger partial charge >= 0.3 is 0 Å². The van der Waals surface area contributed by atoms with Crippen molar-refractivity contribution >= 4 is 5.69 Å². The van der Waals surface area contributed by atoms with Crippen molar-refractivity contribution in [1.29, 1.82) is 0 Å². The number of nitrogens with two attached hydrogens (primary N) is 1. The molecule has 1 aliphatic carbocycles. The Morgan fingerprint density at radius 3 is 2.82 bits per heavy atom. The van der Waals surface area contributed by atoms with Crippen molar-refractivity contribution < 1.29 is 4.74 Å². The summed E-state index contributed by atoms with van der Waals surface area (Å²) < 4.78 is 6.06. The van der Waals surface area contributed by atoms with Gasteiger partial charge in [0.2, 0.25) is 0 Å². The Morgan fingerprint density at radius 1 is 1.29 bits per heavy atom. The van der Waals surface area contributed by atoms with Crippen LogP contribution in [0.2, 0.25) is 0 Å². The highest BCUT2D eigenvalue weighted by Gasteiger charge is 2.21. The van der Waals surface area contributed by atoms with E-state index in [1.165, 1.54) is 31.2 Å². The summed E-state index contributed by atoms with van der Waals surface area (Å²) in [6.45, 7) is 5.07. The van der Waals surface area contributed by atoms with Crippen molar-refractivity contribution in [2.75, 3.05) is 5.73 Å². The number of rotatable bonds is 3. The first-order chi connectivity index (χ1) is 8.18. The summed E-state index contributed by atoms with van der Waals surface area (Å²) in [6, 6.07) is 6.06. The van der Waals surface area contributed by atoms with Gasteiger partial charge in [0, 0.05) is 5.69 Å². The molecule has 1 fully saturated rings. The van der Waals surface area contributed by atoms with E-state index in [1.54, 1.807) is 0 Å². The van der Waals surface area contributed by atoms with Crippen LogP contribution in [0.1, 0.15) is 43.7 Å². The highest BCUT2D eigenvalue weighted by molar-refractivity contribution is 5.49. The molecule has 2 rings (SSSR count). The molecule has 0 bridgehead atoms. The summed E-state index contributed by atoms with van der Waals surface area (Å²) in [6.07, 6.45) is 5.62. The fourth-order valence-electron chi connectivity index (χ4n) is 2.59. The summed E-state index contributed by atoms with van der Waals surface area (Å²) in [5.74, 6) is 0.699. The molecular formula is C15H23NO. The van der Waals surface area contributed by atoms with Crippen LogP contribution in [0.25, 0.3) is 0 Å². The number of hydrogen-bond acceptors (Lipinski definition) is 2. The maximum absolute atomic E-state index is 6.06. The van der Waals surface area contributed by atoms with Crippen LogP contribution in [-0.4, -0.2) is 6.10 Å². The van der Waals surface area contributed by atoms with E-state index in [1.807, 2.05) is 12.1 Å². The molecule has 0 spiro atoms. The predicted octanol–water partition coefficient (Wildman–Crippen LogP) is 3.67. The lowest BCUT2D eigenvalue weighted by Crippen LogP contribution is -2.25. The zero-order chi connectivity index (χ0) is 12.3. The van der Waals surface area contributed by atoms with Crippen molar-refractivity contribution in [2.45, 2.75) is 52.2 Å². The van der Waals surface area contributed by atoms with Gasteiger partial charge < -0.3 is 10.5 Å². The second-order valence-corrected chi connectivity index (χ2v) is 5.24. The summed E-state index contributed by atoms with van der Waals surface area (Å²) in [5, 5.41) is 0. The summed E-state index contributed by atoms with van der Waals surface area (Å²) >= 11 is 0. The maximum Gasteiger partial charge on any atom is 0.0724 e. The van der Waals surface area contributed by atoms with Crippen molar-refractivity contribution in [1.82, 2.24) is 0 Å². The van der Waals surface area contributed by atoms with E-state index in [0.717, 1.165) is 11.3 Å². The largest absolute Gasteiger partial charge is 0.399 e. The van der Waals surface area contributed by atoms with Gasteiger partial charge in [0.25, 0.3) is 0 Å². The van der Waals surface area contributed by atoms with Gasteiger partial charge in [-0.3, -0.25) is 0 Å². The van der Waals surface area contributed by atoms with Gasteiger partial charge in [-0.05, 0) is 42.9 Å². The number of benzene rings is 1. The highest BCUT2D eigenvalue weighted by Crippen LogP contribution is 2.27. The van der Waals surface area contributed by atoms with Crippen LogP contribution >= 0.6 is 0 Å². The van der Waals surface area contributed by atoms with Gasteiger partial charge in [0.15, 0.2) is 0 Å². The molecule has 0 aromatic heterocycles. The molecular weight excluding hydrogens is 210 g/mol. The third-order valence-corrected chi connectivity index (χ3v) is 3.97. The Labute approximate surface area is 104 Å². The van der Waals surface area contributed by atoms with E-state index < -0.39 is 0 Å². The van der Waals surface area contributed by atoms with Crippen LogP contribution < -0.4 is 5.73 Å². The molecule has 2 unspecified atom stereocenters. The zero-order valence-electron chi connectivity index (χ0n) is 10.9. The molecule has 2 atom stereocenters. The van der Waals surface area contributed by atoms with Crippen LogP contribution in [0.15, 0.2) is 18.2 Å². The van der Waals surface area contributed by atoms with Gasteiger partial charge in [0.1, 0.15) is 0 Å². The average Bonchev–Trinajstić information content (AvgIpc) is 2.33. The molecule has 2 N–H and O–H groups in total. The highest BCUT2D eigenvalue weighted by atomic mass is 16.5. The lowest BCUT2D eigenvalue weighted by molar-refractivity contribution is -0.0156. The third kappa shape index (κ3) is 3.01. The summed E-state index contributed by atoms with van der Waals surface area (Å²) in [4.78, 5) is 0. The summed E-state index contributed by atoms with van der Waals surface area (Å²) in [5.41, 5.74) is 9.15. The van der Waals surface area contributed by atoms with Gasteiger partial charge in [-0.25, -0.2) is 0 Å². The Morgan fingerprint density at radius 2 is 2.06 bits per heavy atom. The minimum absolute atomic E-state index is 0.435. The third-order valence-electron chi connectivity index (χ3n) is 3.97. The van der Waals surface area contributed by atoms with Crippen molar-refractivity contribution in [3.8, 4) is 0 Å². The van der Waals surface area contributed by atoms with E-state index >= 15 is 0 Å². The Hall–Kier alpha value is -1.02. The lowest BCUT2D eigenvalue weighted by Gasteiger charge is -2.29. The Balaban J connectivity index is 1.95. The first kappa shape index (κ1) is 12.4. The molecule has 0 heterocycles. The number of hydrogen-bond donors (Lipinski definition) is 1. The van der Waals surface area contributed by atoms with Crippen LogP contribution in [0.5, 0.6) is 0 Å². The molecule has 1 aromatic carbocycles. The first-order valence-corrected chi connectivity index (χ1v) is 6.64. The van der Waals surface area contributed by atoms with E-state index in [-0.39, 0.29) is 0 Å². The molecule has 1 aromatic rings.